The van der Waals surface area contributed by atoms with Crippen molar-refractivity contribution >= 4 is 33.3 Å². The average Bonchev–Trinajstić information content (AvgIpc) is 2.68. The standard InChI is InChI=1S/C13H20BrNOS/c1-10(2)11(8-15-4-5-16-3)6-13-7-12(14)9-17-13/h6-7,9-10,15H,4-5,8H2,1-3H3. The Morgan fingerprint density at radius 1 is 1.59 bits per heavy atom. The first-order valence-corrected chi connectivity index (χ1v) is 7.45. The fraction of sp³-hybridized carbons (Fsp3) is 0.538. The van der Waals surface area contributed by atoms with Gasteiger partial charge in [0.25, 0.3) is 0 Å². The van der Waals surface area contributed by atoms with Gasteiger partial charge >= 0.3 is 0 Å². The third-order valence-electron chi connectivity index (χ3n) is 2.47. The molecule has 0 aromatic carbocycles. The number of rotatable bonds is 7. The van der Waals surface area contributed by atoms with E-state index >= 15 is 0 Å². The van der Waals surface area contributed by atoms with Crippen LogP contribution in [0.4, 0.5) is 0 Å². The van der Waals surface area contributed by atoms with Gasteiger partial charge in [0.2, 0.25) is 0 Å². The summed E-state index contributed by atoms with van der Waals surface area (Å²) in [5.41, 5.74) is 1.43. The molecular weight excluding hydrogens is 298 g/mol. The summed E-state index contributed by atoms with van der Waals surface area (Å²) in [5, 5.41) is 5.51. The molecule has 2 nitrogen and oxygen atoms in total. The van der Waals surface area contributed by atoms with Crippen molar-refractivity contribution < 1.29 is 4.74 Å². The van der Waals surface area contributed by atoms with E-state index in [1.54, 1.807) is 18.4 Å². The lowest BCUT2D eigenvalue weighted by Gasteiger charge is -2.12. The molecule has 0 fully saturated rings. The molecule has 0 radical (unpaired) electrons. The molecule has 0 saturated carbocycles. The molecule has 0 unspecified atom stereocenters. The molecule has 0 aliphatic carbocycles. The molecule has 0 amide bonds. The van der Waals surface area contributed by atoms with Crippen molar-refractivity contribution in [1.29, 1.82) is 0 Å². The summed E-state index contributed by atoms with van der Waals surface area (Å²) >= 11 is 5.24. The average molecular weight is 318 g/mol. The van der Waals surface area contributed by atoms with Crippen molar-refractivity contribution in [2.75, 3.05) is 26.8 Å². The molecule has 96 valence electrons. The van der Waals surface area contributed by atoms with E-state index in [-0.39, 0.29) is 0 Å². The summed E-state index contributed by atoms with van der Waals surface area (Å²) in [6, 6.07) is 2.15. The second-order valence-corrected chi connectivity index (χ2v) is 6.07. The van der Waals surface area contributed by atoms with Crippen LogP contribution in [0.3, 0.4) is 0 Å². The predicted octanol–water partition coefficient (Wildman–Crippen LogP) is 3.79. The highest BCUT2D eigenvalue weighted by Crippen LogP contribution is 2.23. The number of methoxy groups -OCH3 is 1. The molecule has 0 bridgehead atoms. The van der Waals surface area contributed by atoms with E-state index < -0.39 is 0 Å². The van der Waals surface area contributed by atoms with Crippen LogP contribution in [0.1, 0.15) is 18.7 Å². The van der Waals surface area contributed by atoms with Crippen LogP contribution in [0.5, 0.6) is 0 Å². The van der Waals surface area contributed by atoms with Crippen molar-refractivity contribution in [3.05, 3.63) is 26.4 Å². The van der Waals surface area contributed by atoms with Gasteiger partial charge in [-0.25, -0.2) is 0 Å². The van der Waals surface area contributed by atoms with Gasteiger partial charge in [-0.3, -0.25) is 0 Å². The van der Waals surface area contributed by atoms with E-state index in [1.807, 2.05) is 0 Å². The fourth-order valence-electron chi connectivity index (χ4n) is 1.42. The van der Waals surface area contributed by atoms with E-state index in [1.165, 1.54) is 10.5 Å². The Morgan fingerprint density at radius 3 is 2.88 bits per heavy atom. The number of nitrogens with one attached hydrogen (secondary N) is 1. The first-order valence-electron chi connectivity index (χ1n) is 5.77. The van der Waals surface area contributed by atoms with Crippen LogP contribution in [0.2, 0.25) is 0 Å². The SMILES string of the molecule is COCCNCC(=Cc1cc(Br)cs1)C(C)C. The molecule has 0 atom stereocenters. The van der Waals surface area contributed by atoms with Crippen LogP contribution in [-0.2, 0) is 4.74 Å². The van der Waals surface area contributed by atoms with Crippen LogP contribution < -0.4 is 5.32 Å². The van der Waals surface area contributed by atoms with Crippen molar-refractivity contribution in [3.8, 4) is 0 Å². The van der Waals surface area contributed by atoms with Crippen LogP contribution in [0, 0.1) is 5.92 Å². The molecule has 1 rings (SSSR count). The van der Waals surface area contributed by atoms with Gasteiger partial charge < -0.3 is 10.1 Å². The summed E-state index contributed by atoms with van der Waals surface area (Å²) < 4.78 is 6.18. The monoisotopic (exact) mass is 317 g/mol. The number of hydrogen-bond acceptors (Lipinski definition) is 3. The molecule has 0 aliphatic heterocycles. The molecule has 0 aliphatic rings. The molecule has 17 heavy (non-hydrogen) atoms. The van der Waals surface area contributed by atoms with E-state index in [9.17, 15) is 0 Å². The zero-order valence-electron chi connectivity index (χ0n) is 10.6. The maximum absolute atomic E-state index is 5.02. The van der Waals surface area contributed by atoms with Gasteiger partial charge in [-0.05, 0) is 34.0 Å². The number of halogens is 1. The van der Waals surface area contributed by atoms with Gasteiger partial charge in [-0.15, -0.1) is 11.3 Å². The molecule has 1 N–H and O–H groups in total. The maximum atomic E-state index is 5.02. The Labute approximate surface area is 116 Å². The first kappa shape index (κ1) is 14.9. The second-order valence-electron chi connectivity index (χ2n) is 4.21. The Hall–Kier alpha value is -0.160. The molecular formula is C13H20BrNOS. The Kier molecular flexibility index (Phi) is 7.04. The minimum absolute atomic E-state index is 0.561. The number of hydrogen-bond donors (Lipinski definition) is 1. The summed E-state index contributed by atoms with van der Waals surface area (Å²) in [6.45, 7) is 7.04. The van der Waals surface area contributed by atoms with Crippen molar-refractivity contribution in [1.82, 2.24) is 5.32 Å². The third-order valence-corrected chi connectivity index (χ3v) is 4.11. The molecule has 4 heteroatoms. The smallest absolute Gasteiger partial charge is 0.0587 e. The van der Waals surface area contributed by atoms with E-state index in [2.05, 4.69) is 52.6 Å². The Bertz CT molecular complexity index is 360. The van der Waals surface area contributed by atoms with Crippen LogP contribution >= 0.6 is 27.3 Å². The van der Waals surface area contributed by atoms with Gasteiger partial charge in [0.05, 0.1) is 6.61 Å². The quantitative estimate of drug-likeness (QED) is 0.773. The van der Waals surface area contributed by atoms with E-state index in [0.717, 1.165) is 24.2 Å². The lowest BCUT2D eigenvalue weighted by atomic mass is 10.0. The highest BCUT2D eigenvalue weighted by molar-refractivity contribution is 9.10. The number of ether oxygens (including phenoxy) is 1. The molecule has 1 heterocycles. The zero-order valence-corrected chi connectivity index (χ0v) is 13.0. The van der Waals surface area contributed by atoms with Gasteiger partial charge in [0.15, 0.2) is 0 Å². The first-order chi connectivity index (χ1) is 8.13. The Balaban J connectivity index is 2.56. The van der Waals surface area contributed by atoms with E-state index in [4.69, 9.17) is 4.74 Å². The van der Waals surface area contributed by atoms with Gasteiger partial charge in [0.1, 0.15) is 0 Å². The zero-order chi connectivity index (χ0) is 12.7. The van der Waals surface area contributed by atoms with Crippen molar-refractivity contribution in [2.24, 2.45) is 5.92 Å². The third kappa shape index (κ3) is 5.82. The van der Waals surface area contributed by atoms with Crippen LogP contribution in [0.25, 0.3) is 6.08 Å². The van der Waals surface area contributed by atoms with Crippen LogP contribution in [-0.4, -0.2) is 26.8 Å². The highest BCUT2D eigenvalue weighted by Gasteiger charge is 2.04. The summed E-state index contributed by atoms with van der Waals surface area (Å²) in [5.74, 6) is 0.561. The summed E-state index contributed by atoms with van der Waals surface area (Å²) in [6.07, 6.45) is 2.28. The summed E-state index contributed by atoms with van der Waals surface area (Å²) in [4.78, 5) is 1.30. The molecule has 0 spiro atoms. The van der Waals surface area contributed by atoms with Gasteiger partial charge in [-0.2, -0.15) is 0 Å². The lowest BCUT2D eigenvalue weighted by molar-refractivity contribution is 0.200. The normalized spacial score (nSPS) is 12.4. The Morgan fingerprint density at radius 2 is 2.35 bits per heavy atom. The number of thiophene rings is 1. The molecule has 1 aromatic heterocycles. The second kappa shape index (κ2) is 8.03. The van der Waals surface area contributed by atoms with Crippen molar-refractivity contribution in [3.63, 3.8) is 0 Å². The maximum Gasteiger partial charge on any atom is 0.0587 e. The predicted molar refractivity (Wildman–Crippen MR) is 79.6 cm³/mol. The minimum atomic E-state index is 0.561. The summed E-state index contributed by atoms with van der Waals surface area (Å²) in [7, 11) is 1.73. The lowest BCUT2D eigenvalue weighted by Crippen LogP contribution is -2.23. The van der Waals surface area contributed by atoms with Gasteiger partial charge in [-0.1, -0.05) is 19.4 Å². The minimum Gasteiger partial charge on any atom is -0.383 e. The van der Waals surface area contributed by atoms with Crippen molar-refractivity contribution in [2.45, 2.75) is 13.8 Å². The molecule has 1 aromatic rings. The van der Waals surface area contributed by atoms with E-state index in [0.29, 0.717) is 5.92 Å². The van der Waals surface area contributed by atoms with Gasteiger partial charge in [0, 0.05) is 34.9 Å². The highest BCUT2D eigenvalue weighted by atomic mass is 79.9. The largest absolute Gasteiger partial charge is 0.383 e. The molecule has 0 saturated heterocycles. The topological polar surface area (TPSA) is 21.3 Å². The fourth-order valence-corrected chi connectivity index (χ4v) is 2.83. The van der Waals surface area contributed by atoms with Crippen LogP contribution in [0.15, 0.2) is 21.5 Å².